The number of ketones is 1. The van der Waals surface area contributed by atoms with Crippen LogP contribution < -0.4 is 5.30 Å². The van der Waals surface area contributed by atoms with Gasteiger partial charge in [0.25, 0.3) is 0 Å². The quantitative estimate of drug-likeness (QED) is 0.432. The van der Waals surface area contributed by atoms with Gasteiger partial charge < -0.3 is 4.52 Å². The van der Waals surface area contributed by atoms with Gasteiger partial charge in [-0.15, -0.1) is 0 Å². The van der Waals surface area contributed by atoms with Gasteiger partial charge in [0.05, 0.1) is 0 Å². The van der Waals surface area contributed by atoms with E-state index in [0.29, 0.717) is 10.9 Å². The monoisotopic (exact) mass is 210 g/mol. The Hall–Kier alpha value is -1.18. The van der Waals surface area contributed by atoms with Crippen LogP contribution in [0.25, 0.3) is 0 Å². The Bertz CT molecular complexity index is 367. The lowest BCUT2D eigenvalue weighted by atomic mass is 10.1. The van der Waals surface area contributed by atoms with Crippen LogP contribution in [-0.4, -0.2) is 12.9 Å². The standard InChI is InChI=1S/C10H11O3P/c1-3-10(11)8-4-6-9(7-5-8)14(12)13-2/h3-7,14H,1H2,2H3. The molecule has 0 aromatic heterocycles. The summed E-state index contributed by atoms with van der Waals surface area (Å²) < 4.78 is 15.9. The van der Waals surface area contributed by atoms with Gasteiger partial charge in [0, 0.05) is 18.0 Å². The van der Waals surface area contributed by atoms with Crippen molar-refractivity contribution in [1.82, 2.24) is 0 Å². The van der Waals surface area contributed by atoms with Crippen molar-refractivity contribution in [2.75, 3.05) is 7.11 Å². The average molecular weight is 210 g/mol. The van der Waals surface area contributed by atoms with Gasteiger partial charge in [-0.1, -0.05) is 18.7 Å². The maximum atomic E-state index is 11.2. The first-order chi connectivity index (χ1) is 6.69. The zero-order valence-corrected chi connectivity index (χ0v) is 8.82. The van der Waals surface area contributed by atoms with Crippen molar-refractivity contribution in [3.8, 4) is 0 Å². The summed E-state index contributed by atoms with van der Waals surface area (Å²) in [6, 6.07) is 6.48. The van der Waals surface area contributed by atoms with Crippen LogP contribution in [0.15, 0.2) is 36.9 Å². The fourth-order valence-corrected chi connectivity index (χ4v) is 1.68. The second-order valence-electron chi connectivity index (χ2n) is 2.64. The number of carbonyl (C=O) groups excluding carboxylic acids is 1. The average Bonchev–Trinajstić information content (AvgIpc) is 2.27. The van der Waals surface area contributed by atoms with Crippen molar-refractivity contribution in [3.05, 3.63) is 42.5 Å². The summed E-state index contributed by atoms with van der Waals surface area (Å²) in [6.45, 7) is 3.38. The Labute approximate surface area is 83.3 Å². The summed E-state index contributed by atoms with van der Waals surface area (Å²) in [7, 11) is -0.749. The smallest absolute Gasteiger partial charge is 0.220 e. The minimum atomic E-state index is -2.14. The van der Waals surface area contributed by atoms with Crippen LogP contribution in [0.2, 0.25) is 0 Å². The van der Waals surface area contributed by atoms with Crippen LogP contribution in [0, 0.1) is 0 Å². The largest absolute Gasteiger partial charge is 0.331 e. The van der Waals surface area contributed by atoms with Crippen LogP contribution in [0.3, 0.4) is 0 Å². The van der Waals surface area contributed by atoms with E-state index >= 15 is 0 Å². The van der Waals surface area contributed by atoms with Crippen LogP contribution in [0.4, 0.5) is 0 Å². The molecule has 0 aliphatic rings. The number of rotatable bonds is 4. The van der Waals surface area contributed by atoms with Crippen molar-refractivity contribution >= 4 is 19.1 Å². The molecule has 1 atom stereocenters. The molecule has 1 aromatic carbocycles. The first-order valence-corrected chi connectivity index (χ1v) is 5.36. The Morgan fingerprint density at radius 3 is 2.43 bits per heavy atom. The van der Waals surface area contributed by atoms with Gasteiger partial charge in [0.2, 0.25) is 8.03 Å². The van der Waals surface area contributed by atoms with Crippen LogP contribution in [0.5, 0.6) is 0 Å². The van der Waals surface area contributed by atoms with Crippen molar-refractivity contribution in [2.45, 2.75) is 0 Å². The van der Waals surface area contributed by atoms with Gasteiger partial charge in [0.15, 0.2) is 5.78 Å². The summed E-state index contributed by atoms with van der Waals surface area (Å²) >= 11 is 0. The van der Waals surface area contributed by atoms with Crippen LogP contribution in [-0.2, 0) is 9.09 Å². The van der Waals surface area contributed by atoms with Crippen molar-refractivity contribution in [1.29, 1.82) is 0 Å². The highest BCUT2D eigenvalue weighted by atomic mass is 31.1. The van der Waals surface area contributed by atoms with E-state index in [0.717, 1.165) is 0 Å². The number of hydrogen-bond acceptors (Lipinski definition) is 3. The highest BCUT2D eigenvalue weighted by Crippen LogP contribution is 2.19. The van der Waals surface area contributed by atoms with E-state index < -0.39 is 8.03 Å². The number of carbonyl (C=O) groups is 1. The van der Waals surface area contributed by atoms with E-state index in [-0.39, 0.29) is 5.78 Å². The minimum absolute atomic E-state index is 0.145. The Morgan fingerprint density at radius 1 is 1.43 bits per heavy atom. The lowest BCUT2D eigenvalue weighted by molar-refractivity contribution is 0.104. The number of allylic oxidation sites excluding steroid dienone is 1. The summed E-state index contributed by atoms with van der Waals surface area (Å²) in [5.74, 6) is -0.145. The zero-order chi connectivity index (χ0) is 10.6. The molecular weight excluding hydrogens is 199 g/mol. The molecular formula is C10H11O3P. The molecule has 0 heterocycles. The lowest BCUT2D eigenvalue weighted by Gasteiger charge is -2.00. The SMILES string of the molecule is C=CC(=O)c1ccc([PH](=O)OC)cc1. The predicted octanol–water partition coefficient (Wildman–Crippen LogP) is 1.80. The molecule has 0 bridgehead atoms. The molecule has 0 N–H and O–H groups in total. The van der Waals surface area contributed by atoms with E-state index in [4.69, 9.17) is 4.52 Å². The molecule has 14 heavy (non-hydrogen) atoms. The third-order valence-corrected chi connectivity index (χ3v) is 2.95. The molecule has 0 amide bonds. The molecule has 0 saturated heterocycles. The van der Waals surface area contributed by atoms with Gasteiger partial charge in [-0.05, 0) is 18.2 Å². The van der Waals surface area contributed by atoms with E-state index in [1.54, 1.807) is 24.3 Å². The Morgan fingerprint density at radius 2 is 2.00 bits per heavy atom. The van der Waals surface area contributed by atoms with Crippen molar-refractivity contribution in [3.63, 3.8) is 0 Å². The molecule has 0 aliphatic heterocycles. The van der Waals surface area contributed by atoms with Gasteiger partial charge >= 0.3 is 0 Å². The first kappa shape index (κ1) is 10.9. The number of hydrogen-bond donors (Lipinski definition) is 0. The maximum Gasteiger partial charge on any atom is 0.220 e. The Kier molecular flexibility index (Phi) is 3.81. The van der Waals surface area contributed by atoms with E-state index in [9.17, 15) is 9.36 Å². The van der Waals surface area contributed by atoms with Crippen LogP contribution in [0.1, 0.15) is 10.4 Å². The van der Waals surface area contributed by atoms with Crippen molar-refractivity contribution in [2.24, 2.45) is 0 Å². The molecule has 1 aromatic rings. The van der Waals surface area contributed by atoms with Gasteiger partial charge in [0.1, 0.15) is 0 Å². The van der Waals surface area contributed by atoms with Crippen molar-refractivity contribution < 1.29 is 13.9 Å². The first-order valence-electron chi connectivity index (χ1n) is 4.04. The molecule has 1 unspecified atom stereocenters. The molecule has 0 saturated carbocycles. The molecule has 0 radical (unpaired) electrons. The van der Waals surface area contributed by atoms with E-state index in [2.05, 4.69) is 6.58 Å². The van der Waals surface area contributed by atoms with Crippen LogP contribution >= 0.6 is 8.03 Å². The fourth-order valence-electron chi connectivity index (χ4n) is 1.01. The second kappa shape index (κ2) is 4.89. The maximum absolute atomic E-state index is 11.2. The summed E-state index contributed by atoms with van der Waals surface area (Å²) in [4.78, 5) is 11.1. The van der Waals surface area contributed by atoms with Gasteiger partial charge in [-0.25, -0.2) is 0 Å². The Balaban J connectivity index is 2.94. The zero-order valence-electron chi connectivity index (χ0n) is 7.82. The topological polar surface area (TPSA) is 43.4 Å². The predicted molar refractivity (Wildman–Crippen MR) is 56.6 cm³/mol. The van der Waals surface area contributed by atoms with E-state index in [1.165, 1.54) is 13.2 Å². The summed E-state index contributed by atoms with van der Waals surface area (Å²) in [5.41, 5.74) is 0.537. The molecule has 4 heteroatoms. The minimum Gasteiger partial charge on any atom is -0.331 e. The third kappa shape index (κ3) is 2.41. The fraction of sp³-hybridized carbons (Fsp3) is 0.100. The number of benzene rings is 1. The molecule has 74 valence electrons. The van der Waals surface area contributed by atoms with E-state index in [1.807, 2.05) is 0 Å². The molecule has 1 rings (SSSR count). The highest BCUT2D eigenvalue weighted by Gasteiger charge is 2.04. The molecule has 0 spiro atoms. The van der Waals surface area contributed by atoms with Gasteiger partial charge in [-0.2, -0.15) is 0 Å². The van der Waals surface area contributed by atoms with Gasteiger partial charge in [-0.3, -0.25) is 9.36 Å². The molecule has 0 fully saturated rings. The third-order valence-electron chi connectivity index (χ3n) is 1.78. The normalized spacial score (nSPS) is 12.1. The lowest BCUT2D eigenvalue weighted by Crippen LogP contribution is -2.00. The highest BCUT2D eigenvalue weighted by molar-refractivity contribution is 7.48. The summed E-state index contributed by atoms with van der Waals surface area (Å²) in [6.07, 6.45) is 1.24. The molecule has 0 aliphatic carbocycles. The second-order valence-corrected chi connectivity index (χ2v) is 4.20. The summed E-state index contributed by atoms with van der Waals surface area (Å²) in [5, 5.41) is 0.609. The molecule has 3 nitrogen and oxygen atoms in total.